The highest BCUT2D eigenvalue weighted by Gasteiger charge is 2.61. The van der Waals surface area contributed by atoms with Gasteiger partial charge in [-0.25, -0.2) is 0 Å². The van der Waals surface area contributed by atoms with Gasteiger partial charge in [0.25, 0.3) is 0 Å². The minimum Gasteiger partial charge on any atom is -0.380 e. The standard InChI is InChI=1S/C22H33F3O/c1-3-4-15-6-8-19-18-7-5-14-13-21(26,22(23,24)25)12-10-16(14)17(18)9-11-20(15,19)2/h4,14,16-19,26H,3,5-13H2,1-2H3/b15-4-/t14-,16+,17-,18-,19+,20-,21?/m1/s1. The summed E-state index contributed by atoms with van der Waals surface area (Å²) in [7, 11) is 0. The van der Waals surface area contributed by atoms with Gasteiger partial charge in [0.1, 0.15) is 0 Å². The molecule has 0 aromatic heterocycles. The summed E-state index contributed by atoms with van der Waals surface area (Å²) in [6.07, 6.45) is 6.28. The zero-order chi connectivity index (χ0) is 18.7. The van der Waals surface area contributed by atoms with Gasteiger partial charge in [-0.1, -0.05) is 25.5 Å². The summed E-state index contributed by atoms with van der Waals surface area (Å²) >= 11 is 0. The van der Waals surface area contributed by atoms with Crippen molar-refractivity contribution < 1.29 is 18.3 Å². The first-order chi connectivity index (χ1) is 12.2. The summed E-state index contributed by atoms with van der Waals surface area (Å²) in [6, 6.07) is 0. The molecule has 0 saturated heterocycles. The topological polar surface area (TPSA) is 20.2 Å². The van der Waals surface area contributed by atoms with Crippen LogP contribution in [0.2, 0.25) is 0 Å². The summed E-state index contributed by atoms with van der Waals surface area (Å²) < 4.78 is 39.9. The molecule has 1 N–H and O–H groups in total. The molecule has 0 amide bonds. The lowest BCUT2D eigenvalue weighted by atomic mass is 9.49. The number of aliphatic hydroxyl groups is 1. The van der Waals surface area contributed by atoms with Crippen molar-refractivity contribution in [3.8, 4) is 0 Å². The van der Waals surface area contributed by atoms with E-state index in [9.17, 15) is 18.3 Å². The summed E-state index contributed by atoms with van der Waals surface area (Å²) in [5.41, 5.74) is -0.444. The van der Waals surface area contributed by atoms with E-state index in [1.165, 1.54) is 25.7 Å². The average molecular weight is 370 g/mol. The minimum absolute atomic E-state index is 0.0622. The molecule has 148 valence electrons. The molecule has 1 unspecified atom stereocenters. The Hall–Kier alpha value is -0.510. The molecule has 4 saturated carbocycles. The second-order valence-electron chi connectivity index (χ2n) is 9.84. The third-order valence-electron chi connectivity index (χ3n) is 8.84. The Morgan fingerprint density at radius 2 is 1.77 bits per heavy atom. The first-order valence-electron chi connectivity index (χ1n) is 10.7. The van der Waals surface area contributed by atoms with Crippen molar-refractivity contribution in [3.05, 3.63) is 11.6 Å². The van der Waals surface area contributed by atoms with Crippen molar-refractivity contribution in [2.45, 2.75) is 89.8 Å². The Kier molecular flexibility index (Phi) is 4.53. The van der Waals surface area contributed by atoms with Crippen LogP contribution in [0.25, 0.3) is 0 Å². The van der Waals surface area contributed by atoms with Gasteiger partial charge in [-0.2, -0.15) is 13.2 Å². The molecule has 26 heavy (non-hydrogen) atoms. The second-order valence-corrected chi connectivity index (χ2v) is 9.84. The highest BCUT2D eigenvalue weighted by Crippen LogP contribution is 2.65. The molecule has 0 radical (unpaired) electrons. The van der Waals surface area contributed by atoms with Gasteiger partial charge in [0.2, 0.25) is 0 Å². The van der Waals surface area contributed by atoms with E-state index in [1.54, 1.807) is 5.57 Å². The molecule has 0 spiro atoms. The number of fused-ring (bicyclic) bond motifs is 5. The van der Waals surface area contributed by atoms with E-state index >= 15 is 0 Å². The summed E-state index contributed by atoms with van der Waals surface area (Å²) in [5.74, 6) is 2.47. The normalized spacial score (nSPS) is 50.2. The van der Waals surface area contributed by atoms with Crippen LogP contribution in [0, 0.1) is 35.0 Å². The smallest absolute Gasteiger partial charge is 0.380 e. The van der Waals surface area contributed by atoms with Crippen LogP contribution in [-0.4, -0.2) is 16.9 Å². The van der Waals surface area contributed by atoms with Crippen molar-refractivity contribution in [3.63, 3.8) is 0 Å². The SMILES string of the molecule is CC/C=C1/CC[C@H]2[C@@H]3CC[C@@H]4CC(O)(C(F)(F)F)CC[C@@H]4[C@H]3CC[C@]12C. The molecule has 0 aliphatic heterocycles. The van der Waals surface area contributed by atoms with Crippen molar-refractivity contribution >= 4 is 0 Å². The number of hydrogen-bond donors (Lipinski definition) is 1. The van der Waals surface area contributed by atoms with Gasteiger partial charge in [0.15, 0.2) is 5.60 Å². The third kappa shape index (κ3) is 2.69. The van der Waals surface area contributed by atoms with Crippen molar-refractivity contribution in [2.75, 3.05) is 0 Å². The van der Waals surface area contributed by atoms with E-state index in [4.69, 9.17) is 0 Å². The van der Waals surface area contributed by atoms with E-state index in [1.807, 2.05) is 0 Å². The van der Waals surface area contributed by atoms with Gasteiger partial charge >= 0.3 is 6.18 Å². The monoisotopic (exact) mass is 370 g/mol. The van der Waals surface area contributed by atoms with Crippen LogP contribution >= 0.6 is 0 Å². The highest BCUT2D eigenvalue weighted by atomic mass is 19.4. The molecule has 4 aliphatic rings. The first kappa shape index (κ1) is 18.8. The summed E-state index contributed by atoms with van der Waals surface area (Å²) in [6.45, 7) is 4.67. The van der Waals surface area contributed by atoms with Crippen LogP contribution in [-0.2, 0) is 0 Å². The fourth-order valence-corrected chi connectivity index (χ4v) is 7.57. The van der Waals surface area contributed by atoms with Gasteiger partial charge in [-0.05, 0) is 99.2 Å². The van der Waals surface area contributed by atoms with E-state index in [0.29, 0.717) is 29.6 Å². The molecular formula is C22H33F3O. The largest absolute Gasteiger partial charge is 0.417 e. The predicted molar refractivity (Wildman–Crippen MR) is 96.5 cm³/mol. The summed E-state index contributed by atoms with van der Waals surface area (Å²) in [5, 5.41) is 10.2. The van der Waals surface area contributed by atoms with Gasteiger partial charge in [-0.15, -0.1) is 0 Å². The van der Waals surface area contributed by atoms with Crippen molar-refractivity contribution in [2.24, 2.45) is 35.0 Å². The first-order valence-corrected chi connectivity index (χ1v) is 10.7. The van der Waals surface area contributed by atoms with Gasteiger partial charge in [-0.3, -0.25) is 0 Å². The van der Waals surface area contributed by atoms with E-state index in [0.717, 1.165) is 25.2 Å². The lowest BCUT2D eigenvalue weighted by Gasteiger charge is -2.56. The van der Waals surface area contributed by atoms with Crippen LogP contribution in [0.3, 0.4) is 0 Å². The Bertz CT molecular complexity index is 582. The van der Waals surface area contributed by atoms with Gasteiger partial charge < -0.3 is 5.11 Å². The van der Waals surface area contributed by atoms with Crippen molar-refractivity contribution in [1.82, 2.24) is 0 Å². The Labute approximate surface area is 155 Å². The van der Waals surface area contributed by atoms with E-state index in [2.05, 4.69) is 19.9 Å². The van der Waals surface area contributed by atoms with Crippen LogP contribution in [0.1, 0.15) is 78.1 Å². The molecule has 4 heteroatoms. The maximum Gasteiger partial charge on any atom is 0.417 e. The van der Waals surface area contributed by atoms with E-state index < -0.39 is 11.8 Å². The Morgan fingerprint density at radius 1 is 1.04 bits per heavy atom. The molecule has 4 aliphatic carbocycles. The maximum atomic E-state index is 13.3. The minimum atomic E-state index is -4.48. The van der Waals surface area contributed by atoms with Crippen LogP contribution in [0.4, 0.5) is 13.2 Å². The lowest BCUT2D eigenvalue weighted by Crippen LogP contribution is -2.54. The molecule has 0 aromatic carbocycles. The lowest BCUT2D eigenvalue weighted by molar-refractivity contribution is -0.282. The van der Waals surface area contributed by atoms with Crippen LogP contribution in [0.15, 0.2) is 11.6 Å². The van der Waals surface area contributed by atoms with Gasteiger partial charge in [0, 0.05) is 0 Å². The molecule has 4 rings (SSSR count). The predicted octanol–water partition coefficient (Wildman–Crippen LogP) is 6.27. The highest BCUT2D eigenvalue weighted by molar-refractivity contribution is 5.23. The summed E-state index contributed by atoms with van der Waals surface area (Å²) in [4.78, 5) is 0. The van der Waals surface area contributed by atoms with E-state index in [-0.39, 0.29) is 18.8 Å². The number of allylic oxidation sites excluding steroid dienone is 2. The van der Waals surface area contributed by atoms with Crippen LogP contribution < -0.4 is 0 Å². The van der Waals surface area contributed by atoms with Gasteiger partial charge in [0.05, 0.1) is 0 Å². The maximum absolute atomic E-state index is 13.3. The second kappa shape index (κ2) is 6.25. The zero-order valence-electron chi connectivity index (χ0n) is 16.1. The molecule has 7 atom stereocenters. The quantitative estimate of drug-likeness (QED) is 0.539. The molecule has 1 nitrogen and oxygen atoms in total. The Morgan fingerprint density at radius 3 is 2.46 bits per heavy atom. The Balaban J connectivity index is 1.53. The fraction of sp³-hybridized carbons (Fsp3) is 0.909. The molecule has 0 aromatic rings. The fourth-order valence-electron chi connectivity index (χ4n) is 7.57. The molecular weight excluding hydrogens is 337 g/mol. The number of halogens is 3. The zero-order valence-corrected chi connectivity index (χ0v) is 16.1. The van der Waals surface area contributed by atoms with Crippen molar-refractivity contribution in [1.29, 1.82) is 0 Å². The number of rotatable bonds is 1. The molecule has 0 bridgehead atoms. The number of hydrogen-bond acceptors (Lipinski definition) is 1. The average Bonchev–Trinajstić information content (AvgIpc) is 2.90. The molecule has 0 heterocycles. The molecule has 4 fully saturated rings. The van der Waals surface area contributed by atoms with Crippen LogP contribution in [0.5, 0.6) is 0 Å². The third-order valence-corrected chi connectivity index (χ3v) is 8.84. The number of alkyl halides is 3.